The molecular formula is C16H17N3O3S. The van der Waals surface area contributed by atoms with E-state index in [0.29, 0.717) is 30.8 Å². The fraction of sp³-hybridized carbons (Fsp3) is 0.312. The fourth-order valence-electron chi connectivity index (χ4n) is 2.69. The summed E-state index contributed by atoms with van der Waals surface area (Å²) in [4.78, 5) is 38.5. The van der Waals surface area contributed by atoms with Gasteiger partial charge in [0.25, 0.3) is 5.91 Å². The quantitative estimate of drug-likeness (QED) is 0.800. The minimum absolute atomic E-state index is 0.161. The Balaban J connectivity index is 1.69. The van der Waals surface area contributed by atoms with Gasteiger partial charge in [-0.15, -0.1) is 0 Å². The van der Waals surface area contributed by atoms with Crippen molar-refractivity contribution in [2.24, 2.45) is 11.7 Å². The second-order valence-corrected chi connectivity index (χ2v) is 6.65. The summed E-state index contributed by atoms with van der Waals surface area (Å²) < 4.78 is 0. The Morgan fingerprint density at radius 2 is 1.96 bits per heavy atom. The molecule has 120 valence electrons. The second kappa shape index (κ2) is 6.45. The van der Waals surface area contributed by atoms with Crippen molar-refractivity contribution in [2.45, 2.75) is 17.7 Å². The molecule has 7 heteroatoms. The van der Waals surface area contributed by atoms with Crippen LogP contribution in [0.1, 0.15) is 12.8 Å². The first-order valence-corrected chi connectivity index (χ1v) is 8.24. The minimum atomic E-state index is -0.311. The summed E-state index contributed by atoms with van der Waals surface area (Å²) in [6, 6.07) is 7.46. The minimum Gasteiger partial charge on any atom is -0.369 e. The molecule has 1 aromatic rings. The lowest BCUT2D eigenvalue weighted by atomic mass is 9.96. The molecule has 2 aliphatic rings. The van der Waals surface area contributed by atoms with Crippen LogP contribution < -0.4 is 11.1 Å². The van der Waals surface area contributed by atoms with Gasteiger partial charge in [-0.25, -0.2) is 0 Å². The number of likely N-dealkylation sites (tertiary alicyclic amines) is 1. The van der Waals surface area contributed by atoms with Crippen molar-refractivity contribution in [2.75, 3.05) is 18.4 Å². The van der Waals surface area contributed by atoms with Gasteiger partial charge in [0.2, 0.25) is 11.8 Å². The number of benzene rings is 1. The molecule has 0 unspecified atom stereocenters. The number of nitrogens with one attached hydrogen (secondary N) is 1. The number of nitrogens with two attached hydrogens (primary N) is 1. The smallest absolute Gasteiger partial charge is 0.262 e. The second-order valence-electron chi connectivity index (χ2n) is 5.56. The van der Waals surface area contributed by atoms with Gasteiger partial charge >= 0.3 is 0 Å². The average molecular weight is 331 g/mol. The lowest BCUT2D eigenvalue weighted by Crippen LogP contribution is -2.41. The van der Waals surface area contributed by atoms with E-state index < -0.39 is 0 Å². The third-order valence-electron chi connectivity index (χ3n) is 4.04. The molecule has 3 rings (SSSR count). The molecule has 0 bridgehead atoms. The summed E-state index contributed by atoms with van der Waals surface area (Å²) in [6.45, 7) is 0.970. The predicted molar refractivity (Wildman–Crippen MR) is 87.5 cm³/mol. The number of amides is 3. The molecule has 1 saturated heterocycles. The number of fused-ring (bicyclic) bond motifs is 1. The van der Waals surface area contributed by atoms with Gasteiger partial charge in [0.1, 0.15) is 0 Å². The van der Waals surface area contributed by atoms with Crippen LogP contribution >= 0.6 is 11.8 Å². The predicted octanol–water partition coefficient (Wildman–Crippen LogP) is 1.34. The Kier molecular flexibility index (Phi) is 4.38. The molecule has 23 heavy (non-hydrogen) atoms. The SMILES string of the molecule is NC(=O)C1CCN(C(=O)C=C2Sc3ccccc3NC2=O)CC1. The van der Waals surface area contributed by atoms with E-state index in [0.717, 1.165) is 10.6 Å². The van der Waals surface area contributed by atoms with Crippen LogP contribution in [-0.2, 0) is 14.4 Å². The molecular weight excluding hydrogens is 314 g/mol. The van der Waals surface area contributed by atoms with Gasteiger partial charge in [0.05, 0.1) is 10.6 Å². The molecule has 6 nitrogen and oxygen atoms in total. The number of carbonyl (C=O) groups excluding carboxylic acids is 3. The molecule has 0 spiro atoms. The highest BCUT2D eigenvalue weighted by Gasteiger charge is 2.27. The monoisotopic (exact) mass is 331 g/mol. The summed E-state index contributed by atoms with van der Waals surface area (Å²) >= 11 is 1.29. The number of hydrogen-bond donors (Lipinski definition) is 2. The van der Waals surface area contributed by atoms with E-state index in [1.54, 1.807) is 4.90 Å². The van der Waals surface area contributed by atoms with Gasteiger partial charge in [-0.05, 0) is 25.0 Å². The molecule has 2 aliphatic heterocycles. The Morgan fingerprint density at radius 1 is 1.26 bits per heavy atom. The van der Waals surface area contributed by atoms with Crippen LogP contribution in [0.3, 0.4) is 0 Å². The van der Waals surface area contributed by atoms with Crippen molar-refractivity contribution in [3.63, 3.8) is 0 Å². The highest BCUT2D eigenvalue weighted by atomic mass is 32.2. The Labute approximate surface area is 138 Å². The van der Waals surface area contributed by atoms with Gasteiger partial charge in [0, 0.05) is 30.0 Å². The number of rotatable bonds is 2. The molecule has 0 atom stereocenters. The van der Waals surface area contributed by atoms with E-state index in [9.17, 15) is 14.4 Å². The lowest BCUT2D eigenvalue weighted by Gasteiger charge is -2.30. The largest absolute Gasteiger partial charge is 0.369 e. The first kappa shape index (κ1) is 15.6. The zero-order valence-electron chi connectivity index (χ0n) is 12.5. The summed E-state index contributed by atoms with van der Waals surface area (Å²) in [5.41, 5.74) is 6.05. The van der Waals surface area contributed by atoms with E-state index in [1.807, 2.05) is 24.3 Å². The topological polar surface area (TPSA) is 92.5 Å². The molecule has 1 fully saturated rings. The molecule has 0 aromatic heterocycles. The van der Waals surface area contributed by atoms with Crippen molar-refractivity contribution in [1.82, 2.24) is 4.90 Å². The van der Waals surface area contributed by atoms with Crippen LogP contribution in [0.4, 0.5) is 5.69 Å². The summed E-state index contributed by atoms with van der Waals surface area (Å²) in [5, 5.41) is 2.78. The maximum Gasteiger partial charge on any atom is 0.262 e. The van der Waals surface area contributed by atoms with Crippen LogP contribution in [0.5, 0.6) is 0 Å². The number of anilines is 1. The molecule has 1 aromatic carbocycles. The summed E-state index contributed by atoms with van der Waals surface area (Å²) in [7, 11) is 0. The van der Waals surface area contributed by atoms with Gasteiger partial charge in [-0.3, -0.25) is 14.4 Å². The van der Waals surface area contributed by atoms with Crippen LogP contribution in [0.2, 0.25) is 0 Å². The van der Waals surface area contributed by atoms with Crippen molar-refractivity contribution in [3.8, 4) is 0 Å². The molecule has 0 radical (unpaired) electrons. The lowest BCUT2D eigenvalue weighted by molar-refractivity contribution is -0.130. The number of thioether (sulfide) groups is 1. The highest BCUT2D eigenvalue weighted by Crippen LogP contribution is 2.37. The van der Waals surface area contributed by atoms with Crippen LogP contribution in [0.25, 0.3) is 0 Å². The summed E-state index contributed by atoms with van der Waals surface area (Å²) in [6.07, 6.45) is 2.53. The molecule has 0 aliphatic carbocycles. The van der Waals surface area contributed by atoms with Gasteiger partial charge in [-0.2, -0.15) is 0 Å². The van der Waals surface area contributed by atoms with E-state index in [4.69, 9.17) is 5.73 Å². The average Bonchev–Trinajstić information content (AvgIpc) is 2.55. The third-order valence-corrected chi connectivity index (χ3v) is 5.14. The van der Waals surface area contributed by atoms with Crippen molar-refractivity contribution in [1.29, 1.82) is 0 Å². The molecule has 2 heterocycles. The van der Waals surface area contributed by atoms with Crippen LogP contribution in [-0.4, -0.2) is 35.7 Å². The van der Waals surface area contributed by atoms with Gasteiger partial charge < -0.3 is 16.0 Å². The van der Waals surface area contributed by atoms with Crippen molar-refractivity contribution < 1.29 is 14.4 Å². The number of primary amides is 1. The highest BCUT2D eigenvalue weighted by molar-refractivity contribution is 8.04. The van der Waals surface area contributed by atoms with E-state index >= 15 is 0 Å². The van der Waals surface area contributed by atoms with Crippen LogP contribution in [0, 0.1) is 5.92 Å². The number of para-hydroxylation sites is 1. The molecule has 3 amide bonds. The third kappa shape index (κ3) is 3.39. The maximum atomic E-state index is 12.3. The molecule has 3 N–H and O–H groups in total. The van der Waals surface area contributed by atoms with E-state index in [1.165, 1.54) is 17.8 Å². The number of piperidine rings is 1. The standard InChI is InChI=1S/C16H17N3O3S/c17-15(21)10-5-7-19(8-6-10)14(20)9-13-16(22)18-11-3-1-2-4-12(11)23-13/h1-4,9-10H,5-8H2,(H2,17,21)(H,18,22). The first-order chi connectivity index (χ1) is 11.0. The van der Waals surface area contributed by atoms with Crippen molar-refractivity contribution in [3.05, 3.63) is 35.2 Å². The van der Waals surface area contributed by atoms with Gasteiger partial charge in [0.15, 0.2) is 0 Å². The molecule has 0 saturated carbocycles. The van der Waals surface area contributed by atoms with Crippen LogP contribution in [0.15, 0.2) is 40.1 Å². The zero-order chi connectivity index (χ0) is 16.4. The summed E-state index contributed by atoms with van der Waals surface area (Å²) in [5.74, 6) is -0.945. The zero-order valence-corrected chi connectivity index (χ0v) is 13.3. The maximum absolute atomic E-state index is 12.3. The fourth-order valence-corrected chi connectivity index (χ4v) is 3.61. The number of carbonyl (C=O) groups is 3. The first-order valence-electron chi connectivity index (χ1n) is 7.43. The number of hydrogen-bond acceptors (Lipinski definition) is 4. The Hall–Kier alpha value is -2.28. The van der Waals surface area contributed by atoms with E-state index in [2.05, 4.69) is 5.32 Å². The van der Waals surface area contributed by atoms with E-state index in [-0.39, 0.29) is 23.6 Å². The van der Waals surface area contributed by atoms with Crippen molar-refractivity contribution >= 4 is 35.2 Å². The number of nitrogens with zero attached hydrogens (tertiary/aromatic N) is 1. The van der Waals surface area contributed by atoms with Gasteiger partial charge in [-0.1, -0.05) is 23.9 Å². The normalized spacial score (nSPS) is 20.1. The Bertz CT molecular complexity index is 694. The Morgan fingerprint density at radius 3 is 2.65 bits per heavy atom.